The number of rotatable bonds is 6. The Kier molecular flexibility index (Phi) is 5.85. The van der Waals surface area contributed by atoms with Crippen molar-refractivity contribution in [3.05, 3.63) is 65.0 Å². The van der Waals surface area contributed by atoms with Gasteiger partial charge in [-0.2, -0.15) is 4.68 Å². The van der Waals surface area contributed by atoms with Gasteiger partial charge in [-0.15, -0.1) is 5.10 Å². The first-order chi connectivity index (χ1) is 13.0. The molecule has 3 aromatic rings. The van der Waals surface area contributed by atoms with Crippen molar-refractivity contribution < 1.29 is 9.18 Å². The van der Waals surface area contributed by atoms with Gasteiger partial charge in [-0.1, -0.05) is 42.1 Å². The van der Waals surface area contributed by atoms with Gasteiger partial charge >= 0.3 is 0 Å². The highest BCUT2D eigenvalue weighted by Gasteiger charge is 2.16. The summed E-state index contributed by atoms with van der Waals surface area (Å²) in [6.07, 6.45) is 0. The number of benzene rings is 2. The summed E-state index contributed by atoms with van der Waals surface area (Å²) in [5.41, 5.74) is 3.59. The summed E-state index contributed by atoms with van der Waals surface area (Å²) in [7, 11) is 1.66. The first kappa shape index (κ1) is 19.0. The molecule has 0 saturated heterocycles. The Bertz CT molecular complexity index is 959. The van der Waals surface area contributed by atoms with E-state index >= 15 is 0 Å². The first-order valence-corrected chi connectivity index (χ1v) is 9.41. The van der Waals surface area contributed by atoms with Gasteiger partial charge in [0.05, 0.1) is 11.4 Å². The van der Waals surface area contributed by atoms with Gasteiger partial charge in [0.25, 0.3) is 0 Å². The molecule has 0 unspecified atom stereocenters. The molecule has 0 fully saturated rings. The largest absolute Gasteiger partial charge is 0.341 e. The fourth-order valence-electron chi connectivity index (χ4n) is 2.59. The molecule has 8 heteroatoms. The van der Waals surface area contributed by atoms with Gasteiger partial charge in [0, 0.05) is 19.2 Å². The standard InChI is InChI=1S/C19H20FN5OS/c1-13-7-6-10-17(14(13)2)25-19(21-22-23-25)27-12-18(26)24(3)11-15-8-4-5-9-16(15)20/h4-10H,11-12H2,1-3H3. The average Bonchev–Trinajstić information content (AvgIpc) is 3.12. The van der Waals surface area contributed by atoms with Crippen LogP contribution in [0.5, 0.6) is 0 Å². The number of thioether (sulfide) groups is 1. The van der Waals surface area contributed by atoms with E-state index in [4.69, 9.17) is 0 Å². The number of aromatic nitrogens is 4. The Morgan fingerprint density at radius 3 is 2.74 bits per heavy atom. The van der Waals surface area contributed by atoms with E-state index in [9.17, 15) is 9.18 Å². The molecule has 0 atom stereocenters. The van der Waals surface area contributed by atoms with Gasteiger partial charge in [-0.05, 0) is 47.5 Å². The lowest BCUT2D eigenvalue weighted by molar-refractivity contribution is -0.127. The average molecular weight is 385 g/mol. The third-order valence-electron chi connectivity index (χ3n) is 4.36. The molecule has 1 aromatic heterocycles. The van der Waals surface area contributed by atoms with Crippen LogP contribution in [0.15, 0.2) is 47.6 Å². The molecule has 0 radical (unpaired) electrons. The van der Waals surface area contributed by atoms with Crippen molar-refractivity contribution in [3.8, 4) is 5.69 Å². The van der Waals surface area contributed by atoms with E-state index in [2.05, 4.69) is 15.5 Å². The van der Waals surface area contributed by atoms with E-state index in [1.165, 1.54) is 22.7 Å². The molecule has 0 saturated carbocycles. The van der Waals surface area contributed by atoms with Gasteiger partial charge in [0.2, 0.25) is 11.1 Å². The number of carbonyl (C=O) groups excluding carboxylic acids is 1. The van der Waals surface area contributed by atoms with Crippen molar-refractivity contribution in [1.82, 2.24) is 25.1 Å². The summed E-state index contributed by atoms with van der Waals surface area (Å²) in [6, 6.07) is 12.4. The van der Waals surface area contributed by atoms with Gasteiger partial charge in [0.1, 0.15) is 5.82 Å². The van der Waals surface area contributed by atoms with Crippen molar-refractivity contribution in [3.63, 3.8) is 0 Å². The summed E-state index contributed by atoms with van der Waals surface area (Å²) < 4.78 is 15.4. The molecule has 6 nitrogen and oxygen atoms in total. The summed E-state index contributed by atoms with van der Waals surface area (Å²) in [5.74, 6) is -0.279. The van der Waals surface area contributed by atoms with Crippen LogP contribution in [0.2, 0.25) is 0 Å². The van der Waals surface area contributed by atoms with E-state index in [1.807, 2.05) is 32.0 Å². The van der Waals surface area contributed by atoms with Gasteiger partial charge < -0.3 is 4.90 Å². The van der Waals surface area contributed by atoms with Crippen LogP contribution in [0.1, 0.15) is 16.7 Å². The van der Waals surface area contributed by atoms with Crippen molar-refractivity contribution in [2.45, 2.75) is 25.5 Å². The van der Waals surface area contributed by atoms with Crippen LogP contribution in [0.4, 0.5) is 4.39 Å². The zero-order valence-electron chi connectivity index (χ0n) is 15.4. The predicted octanol–water partition coefficient (Wildman–Crippen LogP) is 3.17. The maximum absolute atomic E-state index is 13.8. The fraction of sp³-hybridized carbons (Fsp3) is 0.263. The Labute approximate surface area is 161 Å². The minimum atomic E-state index is -0.316. The maximum atomic E-state index is 13.8. The molecule has 0 N–H and O–H groups in total. The predicted molar refractivity (Wildman–Crippen MR) is 102 cm³/mol. The van der Waals surface area contributed by atoms with Crippen LogP contribution in [0.3, 0.4) is 0 Å². The highest BCUT2D eigenvalue weighted by molar-refractivity contribution is 7.99. The Hall–Kier alpha value is -2.74. The number of hydrogen-bond donors (Lipinski definition) is 0. The van der Waals surface area contributed by atoms with E-state index in [0.29, 0.717) is 10.7 Å². The second-order valence-corrected chi connectivity index (χ2v) is 7.16. The highest BCUT2D eigenvalue weighted by Crippen LogP contribution is 2.22. The Morgan fingerprint density at radius 1 is 1.19 bits per heavy atom. The van der Waals surface area contributed by atoms with Crippen molar-refractivity contribution in [2.24, 2.45) is 0 Å². The van der Waals surface area contributed by atoms with Crippen molar-refractivity contribution >= 4 is 17.7 Å². The zero-order valence-corrected chi connectivity index (χ0v) is 16.2. The second kappa shape index (κ2) is 8.30. The van der Waals surface area contributed by atoms with Crippen molar-refractivity contribution in [2.75, 3.05) is 12.8 Å². The van der Waals surface area contributed by atoms with Crippen LogP contribution >= 0.6 is 11.8 Å². The molecular weight excluding hydrogens is 365 g/mol. The summed E-state index contributed by atoms with van der Waals surface area (Å²) >= 11 is 1.26. The lowest BCUT2D eigenvalue weighted by Crippen LogP contribution is -2.28. The molecule has 0 aliphatic rings. The monoisotopic (exact) mass is 385 g/mol. The Morgan fingerprint density at radius 2 is 1.96 bits per heavy atom. The second-order valence-electron chi connectivity index (χ2n) is 6.22. The van der Waals surface area contributed by atoms with E-state index in [1.54, 1.807) is 29.9 Å². The van der Waals surface area contributed by atoms with E-state index in [0.717, 1.165) is 16.8 Å². The number of halogens is 1. The normalized spacial score (nSPS) is 10.8. The third kappa shape index (κ3) is 4.33. The summed E-state index contributed by atoms with van der Waals surface area (Å²) in [6.45, 7) is 4.25. The smallest absolute Gasteiger partial charge is 0.233 e. The van der Waals surface area contributed by atoms with Gasteiger partial charge in [0.15, 0.2) is 0 Å². The first-order valence-electron chi connectivity index (χ1n) is 8.42. The van der Waals surface area contributed by atoms with Gasteiger partial charge in [-0.3, -0.25) is 4.79 Å². The van der Waals surface area contributed by atoms with Crippen LogP contribution in [-0.4, -0.2) is 43.8 Å². The quantitative estimate of drug-likeness (QED) is 0.610. The number of tetrazole rings is 1. The molecule has 2 aromatic carbocycles. The summed E-state index contributed by atoms with van der Waals surface area (Å²) in [5, 5.41) is 12.4. The van der Waals surface area contributed by atoms with Gasteiger partial charge in [-0.25, -0.2) is 4.39 Å². The number of hydrogen-bond acceptors (Lipinski definition) is 5. The summed E-state index contributed by atoms with van der Waals surface area (Å²) in [4.78, 5) is 13.9. The number of nitrogens with zero attached hydrogens (tertiary/aromatic N) is 5. The van der Waals surface area contributed by atoms with E-state index in [-0.39, 0.29) is 24.0 Å². The number of amides is 1. The van der Waals surface area contributed by atoms with E-state index < -0.39 is 0 Å². The van der Waals surface area contributed by atoms with Crippen molar-refractivity contribution in [1.29, 1.82) is 0 Å². The molecule has 0 aliphatic carbocycles. The molecule has 1 amide bonds. The van der Waals surface area contributed by atoms with Crippen LogP contribution in [0, 0.1) is 19.7 Å². The molecule has 140 valence electrons. The lowest BCUT2D eigenvalue weighted by Gasteiger charge is -2.17. The number of aryl methyl sites for hydroxylation is 1. The highest BCUT2D eigenvalue weighted by atomic mass is 32.2. The molecule has 0 spiro atoms. The molecular formula is C19H20FN5OS. The zero-order chi connectivity index (χ0) is 19.4. The maximum Gasteiger partial charge on any atom is 0.233 e. The molecule has 27 heavy (non-hydrogen) atoms. The SMILES string of the molecule is Cc1cccc(-n2nnnc2SCC(=O)N(C)Cc2ccccc2F)c1C. The molecule has 0 aliphatic heterocycles. The fourth-order valence-corrected chi connectivity index (χ4v) is 3.42. The number of carbonyl (C=O) groups is 1. The third-order valence-corrected chi connectivity index (χ3v) is 5.27. The molecule has 0 bridgehead atoms. The minimum Gasteiger partial charge on any atom is -0.341 e. The van der Waals surface area contributed by atoms with Crippen LogP contribution in [-0.2, 0) is 11.3 Å². The van der Waals surface area contributed by atoms with Crippen LogP contribution < -0.4 is 0 Å². The Balaban J connectivity index is 1.67. The lowest BCUT2D eigenvalue weighted by atomic mass is 10.1. The topological polar surface area (TPSA) is 63.9 Å². The molecule has 3 rings (SSSR count). The van der Waals surface area contributed by atoms with Crippen LogP contribution in [0.25, 0.3) is 5.69 Å². The minimum absolute atomic E-state index is 0.126. The molecule has 1 heterocycles.